The van der Waals surface area contributed by atoms with Crippen molar-refractivity contribution < 1.29 is 34.3 Å². The Morgan fingerprint density at radius 3 is 2.52 bits per heavy atom. The van der Waals surface area contributed by atoms with Gasteiger partial charge in [0.1, 0.15) is 42.1 Å². The minimum absolute atomic E-state index is 0.0312. The number of carboxylic acid groups (broad SMARTS) is 1. The molecule has 2 fully saturated rings. The first kappa shape index (κ1) is 39.0. The van der Waals surface area contributed by atoms with Gasteiger partial charge >= 0.3 is 5.97 Å². The first-order valence-corrected chi connectivity index (χ1v) is 18.7. The summed E-state index contributed by atoms with van der Waals surface area (Å²) in [6, 6.07) is 22.3. The Labute approximate surface area is 321 Å². The molecule has 12 heteroatoms. The Kier molecular flexibility index (Phi) is 12.7. The van der Waals surface area contributed by atoms with Gasteiger partial charge in [-0.15, -0.1) is 0 Å². The zero-order valence-corrected chi connectivity index (χ0v) is 31.4. The normalized spacial score (nSPS) is 19.1. The highest BCUT2D eigenvalue weighted by molar-refractivity contribution is 6.32. The first-order chi connectivity index (χ1) is 26.1. The fourth-order valence-electron chi connectivity index (χ4n) is 7.35. The zero-order valence-electron chi connectivity index (χ0n) is 30.6. The van der Waals surface area contributed by atoms with E-state index in [0.29, 0.717) is 51.9 Å². The standard InChI is InChI=1S/C42H47ClN4O7/c1-27-31(7-4-9-37(27)30-6-3-8-36(15-30)52-13-5-12-47-33-10-11-34(47)18-35(49)17-33)25-54-40-19-39(53-24-29-14-28(20-44)21-45-22-29)32(16-38(40)43)23-46-42(2,26-48)41(50)51/h3-4,6-9,14-16,19,21-22,33-35,46,48-49H,5,10-13,17-18,23-26H2,1-2H3,(H,50,51)/t33-,34+,35?,42-/m1/s1. The van der Waals surface area contributed by atoms with Crippen LogP contribution in [0, 0.1) is 18.3 Å². The number of nitrogens with zero attached hydrogens (tertiary/aromatic N) is 3. The van der Waals surface area contributed by atoms with Gasteiger partial charge in [-0.05, 0) is 92.5 Å². The summed E-state index contributed by atoms with van der Waals surface area (Å²) in [5.41, 5.74) is 4.13. The van der Waals surface area contributed by atoms with Gasteiger partial charge < -0.3 is 29.5 Å². The second-order valence-corrected chi connectivity index (χ2v) is 14.8. The molecule has 0 aliphatic carbocycles. The van der Waals surface area contributed by atoms with Gasteiger partial charge in [0.25, 0.3) is 0 Å². The number of rotatable bonds is 17. The monoisotopic (exact) mass is 754 g/mol. The first-order valence-electron chi connectivity index (χ1n) is 18.3. The zero-order chi connectivity index (χ0) is 38.2. The molecule has 4 aromatic rings. The summed E-state index contributed by atoms with van der Waals surface area (Å²) in [6.07, 6.45) is 7.98. The Bertz CT molecular complexity index is 1970. The maximum Gasteiger partial charge on any atom is 0.326 e. The highest BCUT2D eigenvalue weighted by Gasteiger charge is 2.39. The van der Waals surface area contributed by atoms with Gasteiger partial charge in [0.15, 0.2) is 0 Å². The third kappa shape index (κ3) is 9.32. The Morgan fingerprint density at radius 1 is 1.02 bits per heavy atom. The molecule has 0 radical (unpaired) electrons. The number of nitriles is 1. The van der Waals surface area contributed by atoms with E-state index in [9.17, 15) is 25.4 Å². The van der Waals surface area contributed by atoms with E-state index in [1.165, 1.54) is 26.0 Å². The third-order valence-corrected chi connectivity index (χ3v) is 10.8. The second-order valence-electron chi connectivity index (χ2n) is 14.4. The highest BCUT2D eigenvalue weighted by atomic mass is 35.5. The number of aliphatic hydroxyl groups is 2. The molecule has 1 unspecified atom stereocenters. The second kappa shape index (κ2) is 17.6. The fourth-order valence-corrected chi connectivity index (χ4v) is 7.59. The van der Waals surface area contributed by atoms with Gasteiger partial charge in [0.05, 0.1) is 29.9 Å². The number of carboxylic acids is 1. The van der Waals surface area contributed by atoms with Crippen molar-refractivity contribution in [1.82, 2.24) is 15.2 Å². The maximum absolute atomic E-state index is 11.8. The predicted molar refractivity (Wildman–Crippen MR) is 205 cm³/mol. The van der Waals surface area contributed by atoms with Crippen molar-refractivity contribution in [1.29, 1.82) is 5.26 Å². The van der Waals surface area contributed by atoms with Gasteiger partial charge in [0, 0.05) is 54.8 Å². The van der Waals surface area contributed by atoms with Gasteiger partial charge in [-0.25, -0.2) is 0 Å². The number of carbonyl (C=O) groups is 1. The number of piperidine rings is 1. The number of pyridine rings is 1. The molecule has 0 spiro atoms. The summed E-state index contributed by atoms with van der Waals surface area (Å²) in [5, 5.41) is 42.0. The van der Waals surface area contributed by atoms with E-state index in [1.54, 1.807) is 24.4 Å². The van der Waals surface area contributed by atoms with E-state index in [0.717, 1.165) is 53.8 Å². The lowest BCUT2D eigenvalue weighted by molar-refractivity contribution is -0.145. The molecule has 54 heavy (non-hydrogen) atoms. The van der Waals surface area contributed by atoms with Crippen molar-refractivity contribution in [3.63, 3.8) is 0 Å². The fraction of sp³-hybridized carbons (Fsp3) is 0.405. The number of aliphatic carboxylic acids is 1. The molecule has 3 aromatic carbocycles. The number of aliphatic hydroxyl groups excluding tert-OH is 2. The summed E-state index contributed by atoms with van der Waals surface area (Å²) < 4.78 is 18.6. The van der Waals surface area contributed by atoms with Crippen LogP contribution >= 0.6 is 11.6 Å². The molecule has 2 aliphatic rings. The van der Waals surface area contributed by atoms with E-state index >= 15 is 0 Å². The van der Waals surface area contributed by atoms with Crippen LogP contribution < -0.4 is 19.5 Å². The van der Waals surface area contributed by atoms with E-state index in [4.69, 9.17) is 25.8 Å². The molecule has 2 saturated heterocycles. The smallest absolute Gasteiger partial charge is 0.326 e. The lowest BCUT2D eigenvalue weighted by Crippen LogP contribution is -2.52. The van der Waals surface area contributed by atoms with Crippen molar-refractivity contribution in [2.45, 2.75) is 89.4 Å². The van der Waals surface area contributed by atoms with Crippen molar-refractivity contribution in [3.8, 4) is 34.4 Å². The minimum Gasteiger partial charge on any atom is -0.494 e. The lowest BCUT2D eigenvalue weighted by Gasteiger charge is -2.37. The molecule has 284 valence electrons. The quantitative estimate of drug-likeness (QED) is 0.0882. The molecule has 4 atom stereocenters. The van der Waals surface area contributed by atoms with Crippen molar-refractivity contribution in [3.05, 3.63) is 106 Å². The van der Waals surface area contributed by atoms with E-state index in [2.05, 4.69) is 46.4 Å². The molecule has 11 nitrogen and oxygen atoms in total. The number of hydrogen-bond acceptors (Lipinski definition) is 10. The Hall–Kier alpha value is -4.70. The average Bonchev–Trinajstić information content (AvgIpc) is 3.42. The molecule has 2 bridgehead atoms. The number of fused-ring (bicyclic) bond motifs is 2. The number of nitrogens with one attached hydrogen (secondary N) is 1. The molecular weight excluding hydrogens is 708 g/mol. The molecular formula is C42H47ClN4O7. The summed E-state index contributed by atoms with van der Waals surface area (Å²) in [4.78, 5) is 18.5. The van der Waals surface area contributed by atoms with Crippen LogP contribution in [0.15, 0.2) is 73.1 Å². The SMILES string of the molecule is Cc1c(COc2cc(OCc3cncc(C#N)c3)c(CN[C@](C)(CO)C(=O)O)cc2Cl)cccc1-c1cccc(OCCCN2[C@@H]3CC[C@H]2CC(O)C3)c1. The van der Waals surface area contributed by atoms with Crippen LogP contribution in [0.3, 0.4) is 0 Å². The molecule has 2 aliphatic heterocycles. The Morgan fingerprint density at radius 2 is 1.78 bits per heavy atom. The average molecular weight is 755 g/mol. The molecule has 4 N–H and O–H groups in total. The minimum atomic E-state index is -1.59. The number of hydrogen-bond donors (Lipinski definition) is 4. The van der Waals surface area contributed by atoms with Crippen LogP contribution in [0.25, 0.3) is 11.1 Å². The topological polar surface area (TPSA) is 157 Å². The third-order valence-electron chi connectivity index (χ3n) is 10.6. The van der Waals surface area contributed by atoms with Gasteiger partial charge in [-0.1, -0.05) is 41.9 Å². The summed E-state index contributed by atoms with van der Waals surface area (Å²) in [6.45, 7) is 4.77. The van der Waals surface area contributed by atoms with Crippen LogP contribution in [0.5, 0.6) is 17.2 Å². The van der Waals surface area contributed by atoms with Crippen molar-refractivity contribution in [2.75, 3.05) is 19.8 Å². The van der Waals surface area contributed by atoms with Gasteiger partial charge in [-0.2, -0.15) is 5.26 Å². The van der Waals surface area contributed by atoms with Crippen LogP contribution in [-0.2, 0) is 24.6 Å². The van der Waals surface area contributed by atoms with Crippen molar-refractivity contribution >= 4 is 17.6 Å². The lowest BCUT2D eigenvalue weighted by atomic mass is 9.96. The Balaban J connectivity index is 1.13. The van der Waals surface area contributed by atoms with E-state index < -0.39 is 18.1 Å². The van der Waals surface area contributed by atoms with E-state index in [1.807, 2.05) is 24.3 Å². The van der Waals surface area contributed by atoms with Crippen LogP contribution in [0.4, 0.5) is 0 Å². The summed E-state index contributed by atoms with van der Waals surface area (Å²) in [7, 11) is 0. The van der Waals surface area contributed by atoms with Gasteiger partial charge in [0.2, 0.25) is 0 Å². The molecule has 0 amide bonds. The predicted octanol–water partition coefficient (Wildman–Crippen LogP) is 6.42. The maximum atomic E-state index is 11.8. The number of ether oxygens (including phenoxy) is 3. The largest absolute Gasteiger partial charge is 0.494 e. The van der Waals surface area contributed by atoms with Gasteiger partial charge in [-0.3, -0.25) is 20.0 Å². The number of aromatic nitrogens is 1. The molecule has 1 aromatic heterocycles. The van der Waals surface area contributed by atoms with Crippen LogP contribution in [-0.4, -0.2) is 74.7 Å². The molecule has 3 heterocycles. The van der Waals surface area contributed by atoms with E-state index in [-0.39, 0.29) is 25.9 Å². The summed E-state index contributed by atoms with van der Waals surface area (Å²) in [5.74, 6) is 0.375. The molecule has 0 saturated carbocycles. The van der Waals surface area contributed by atoms with Crippen LogP contribution in [0.2, 0.25) is 5.02 Å². The molecule has 6 rings (SSSR count). The summed E-state index contributed by atoms with van der Waals surface area (Å²) >= 11 is 6.73. The highest BCUT2D eigenvalue weighted by Crippen LogP contribution is 2.37. The number of benzene rings is 3. The van der Waals surface area contributed by atoms with Crippen molar-refractivity contribution in [2.24, 2.45) is 0 Å². The number of halogens is 1. The van der Waals surface area contributed by atoms with Crippen LogP contribution in [0.1, 0.15) is 66.8 Å².